The van der Waals surface area contributed by atoms with Crippen LogP contribution in [-0.2, 0) is 17.6 Å². The first kappa shape index (κ1) is 22.9. The van der Waals surface area contributed by atoms with Crippen molar-refractivity contribution >= 4 is 16.9 Å². The van der Waals surface area contributed by atoms with E-state index in [2.05, 4.69) is 5.32 Å². The van der Waals surface area contributed by atoms with Crippen LogP contribution >= 0.6 is 0 Å². The van der Waals surface area contributed by atoms with Crippen molar-refractivity contribution in [3.8, 4) is 11.5 Å². The van der Waals surface area contributed by atoms with Crippen LogP contribution in [0.2, 0.25) is 0 Å². The van der Waals surface area contributed by atoms with E-state index in [1.807, 2.05) is 38.1 Å². The number of aliphatic hydroxyl groups is 1. The molecule has 0 saturated carbocycles. The van der Waals surface area contributed by atoms with Crippen LogP contribution in [0, 0.1) is 6.92 Å². The molecular weight excluding hydrogens is 422 g/mol. The number of benzene rings is 2. The van der Waals surface area contributed by atoms with Crippen molar-refractivity contribution in [3.05, 3.63) is 69.1 Å². The average Bonchev–Trinajstić information content (AvgIpc) is 2.79. The van der Waals surface area contributed by atoms with Gasteiger partial charge in [0.2, 0.25) is 5.91 Å². The van der Waals surface area contributed by atoms with E-state index in [4.69, 9.17) is 13.9 Å². The number of methoxy groups -OCH3 is 1. The monoisotopic (exact) mass is 451 g/mol. The molecule has 174 valence electrons. The molecule has 1 unspecified atom stereocenters. The van der Waals surface area contributed by atoms with Crippen LogP contribution in [0.4, 0.5) is 0 Å². The lowest BCUT2D eigenvalue weighted by molar-refractivity contribution is -0.120. The molecule has 0 aliphatic carbocycles. The Kier molecular flexibility index (Phi) is 6.17. The number of hydrogen-bond donors (Lipinski definition) is 2. The number of fused-ring (bicyclic) bond motifs is 3. The maximum absolute atomic E-state index is 12.9. The van der Waals surface area contributed by atoms with Crippen molar-refractivity contribution in [3.63, 3.8) is 0 Å². The summed E-state index contributed by atoms with van der Waals surface area (Å²) >= 11 is 0. The van der Waals surface area contributed by atoms with Crippen LogP contribution in [-0.4, -0.2) is 30.3 Å². The molecule has 7 nitrogen and oxygen atoms in total. The third-order valence-electron chi connectivity index (χ3n) is 6.17. The molecule has 0 fully saturated rings. The lowest BCUT2D eigenvalue weighted by atomic mass is 9.91. The Morgan fingerprint density at radius 2 is 2.00 bits per heavy atom. The molecule has 1 aliphatic heterocycles. The van der Waals surface area contributed by atoms with E-state index < -0.39 is 11.7 Å². The molecule has 1 aliphatic rings. The van der Waals surface area contributed by atoms with Gasteiger partial charge in [-0.05, 0) is 44.7 Å². The standard InChI is InChI=1S/C26H29NO6/c1-15-18(12-22(29)27-14-19(28)16-8-6-5-7-9-16)25(30)32-24-17-10-11-26(2,3)33-20(17)13-21(31-4)23(15)24/h5-9,13,19,28H,10-12,14H2,1-4H3,(H,27,29). The number of rotatable bonds is 6. The van der Waals surface area contributed by atoms with Gasteiger partial charge >= 0.3 is 5.63 Å². The van der Waals surface area contributed by atoms with E-state index >= 15 is 0 Å². The van der Waals surface area contributed by atoms with E-state index in [1.165, 1.54) is 0 Å². The molecule has 2 heterocycles. The molecule has 0 spiro atoms. The van der Waals surface area contributed by atoms with Gasteiger partial charge in [0.05, 0.1) is 30.6 Å². The smallest absolute Gasteiger partial charge is 0.340 e. The zero-order valence-electron chi connectivity index (χ0n) is 19.4. The molecule has 1 aromatic heterocycles. The van der Waals surface area contributed by atoms with Crippen molar-refractivity contribution in [2.45, 2.75) is 51.7 Å². The van der Waals surface area contributed by atoms with Gasteiger partial charge in [0.25, 0.3) is 0 Å². The predicted octanol–water partition coefficient (Wildman–Crippen LogP) is 3.61. The molecule has 3 aromatic rings. The third kappa shape index (κ3) is 4.59. The van der Waals surface area contributed by atoms with Crippen LogP contribution < -0.4 is 20.4 Å². The predicted molar refractivity (Wildman–Crippen MR) is 125 cm³/mol. The second-order valence-electron chi connectivity index (χ2n) is 9.02. The number of hydrogen-bond acceptors (Lipinski definition) is 6. The topological polar surface area (TPSA) is 98.0 Å². The van der Waals surface area contributed by atoms with Gasteiger partial charge in [-0.2, -0.15) is 0 Å². The largest absolute Gasteiger partial charge is 0.496 e. The molecule has 0 saturated heterocycles. The van der Waals surface area contributed by atoms with Crippen molar-refractivity contribution in [2.24, 2.45) is 0 Å². The lowest BCUT2D eigenvalue weighted by Gasteiger charge is -2.33. The number of nitrogens with one attached hydrogen (secondary N) is 1. The average molecular weight is 452 g/mol. The van der Waals surface area contributed by atoms with Crippen LogP contribution in [0.15, 0.2) is 45.6 Å². The molecule has 33 heavy (non-hydrogen) atoms. The molecule has 2 aromatic carbocycles. The first-order chi connectivity index (χ1) is 15.7. The highest BCUT2D eigenvalue weighted by atomic mass is 16.5. The lowest BCUT2D eigenvalue weighted by Crippen LogP contribution is -2.33. The maximum Gasteiger partial charge on any atom is 0.340 e. The summed E-state index contributed by atoms with van der Waals surface area (Å²) in [7, 11) is 1.55. The van der Waals surface area contributed by atoms with Gasteiger partial charge in [-0.25, -0.2) is 4.79 Å². The van der Waals surface area contributed by atoms with Gasteiger partial charge in [0, 0.05) is 18.2 Å². The first-order valence-corrected chi connectivity index (χ1v) is 11.0. The fraction of sp³-hybridized carbons (Fsp3) is 0.385. The summed E-state index contributed by atoms with van der Waals surface area (Å²) in [6.07, 6.45) is 0.510. The normalized spacial score (nSPS) is 15.4. The Hall–Kier alpha value is -3.32. The number of carbonyl (C=O) groups excluding carboxylic acids is 1. The van der Waals surface area contributed by atoms with E-state index in [0.29, 0.717) is 40.0 Å². The summed E-state index contributed by atoms with van der Waals surface area (Å²) in [6, 6.07) is 10.9. The van der Waals surface area contributed by atoms with Crippen LogP contribution in [0.25, 0.3) is 11.0 Å². The molecule has 1 atom stereocenters. The van der Waals surface area contributed by atoms with E-state index in [-0.39, 0.29) is 30.0 Å². The zero-order chi connectivity index (χ0) is 23.8. The van der Waals surface area contributed by atoms with Crippen LogP contribution in [0.5, 0.6) is 11.5 Å². The number of aryl methyl sites for hydroxylation is 2. The second-order valence-corrected chi connectivity index (χ2v) is 9.02. The maximum atomic E-state index is 12.9. The summed E-state index contributed by atoms with van der Waals surface area (Å²) in [5.41, 5.74) is 2.04. The van der Waals surface area contributed by atoms with Gasteiger partial charge in [0.1, 0.15) is 22.7 Å². The number of aliphatic hydroxyl groups excluding tert-OH is 1. The highest BCUT2D eigenvalue weighted by molar-refractivity contribution is 5.93. The van der Waals surface area contributed by atoms with Crippen molar-refractivity contribution in [1.29, 1.82) is 0 Å². The van der Waals surface area contributed by atoms with Crippen LogP contribution in [0.1, 0.15) is 48.6 Å². The summed E-state index contributed by atoms with van der Waals surface area (Å²) in [5, 5.41) is 13.7. The fourth-order valence-corrected chi connectivity index (χ4v) is 4.27. The Balaban J connectivity index is 1.62. The summed E-state index contributed by atoms with van der Waals surface area (Å²) in [6.45, 7) is 5.88. The molecule has 0 bridgehead atoms. The zero-order valence-corrected chi connectivity index (χ0v) is 19.4. The van der Waals surface area contributed by atoms with Crippen LogP contribution in [0.3, 0.4) is 0 Å². The Morgan fingerprint density at radius 3 is 2.70 bits per heavy atom. The minimum atomic E-state index is -0.833. The van der Waals surface area contributed by atoms with Crippen molar-refractivity contribution in [1.82, 2.24) is 5.32 Å². The minimum absolute atomic E-state index is 0.0464. The fourth-order valence-electron chi connectivity index (χ4n) is 4.27. The molecule has 7 heteroatoms. The summed E-state index contributed by atoms with van der Waals surface area (Å²) < 4.78 is 17.4. The Labute approximate surface area is 192 Å². The molecule has 0 radical (unpaired) electrons. The highest BCUT2D eigenvalue weighted by Gasteiger charge is 2.31. The Morgan fingerprint density at radius 1 is 1.27 bits per heavy atom. The number of carbonyl (C=O) groups is 1. The van der Waals surface area contributed by atoms with Gasteiger partial charge in [0.15, 0.2) is 0 Å². The molecule has 4 rings (SSSR count). The van der Waals surface area contributed by atoms with Gasteiger partial charge in [-0.15, -0.1) is 0 Å². The number of amides is 1. The minimum Gasteiger partial charge on any atom is -0.496 e. The second kappa shape index (κ2) is 8.90. The van der Waals surface area contributed by atoms with Gasteiger partial charge in [-0.3, -0.25) is 4.79 Å². The SMILES string of the molecule is COc1cc2c(c3oc(=O)c(CC(=O)NCC(O)c4ccccc4)c(C)c13)CCC(C)(C)O2. The van der Waals surface area contributed by atoms with Gasteiger partial charge in [-0.1, -0.05) is 30.3 Å². The molecule has 2 N–H and O–H groups in total. The van der Waals surface area contributed by atoms with E-state index in [0.717, 1.165) is 12.0 Å². The number of ether oxygens (including phenoxy) is 2. The molecule has 1 amide bonds. The highest BCUT2D eigenvalue weighted by Crippen LogP contribution is 2.43. The quantitative estimate of drug-likeness (QED) is 0.556. The molecular formula is C26H29NO6. The first-order valence-electron chi connectivity index (χ1n) is 11.0. The summed E-state index contributed by atoms with van der Waals surface area (Å²) in [5.74, 6) is 0.809. The van der Waals surface area contributed by atoms with E-state index in [9.17, 15) is 14.7 Å². The van der Waals surface area contributed by atoms with Gasteiger partial charge < -0.3 is 24.3 Å². The van der Waals surface area contributed by atoms with Crippen molar-refractivity contribution < 1.29 is 23.8 Å². The van der Waals surface area contributed by atoms with E-state index in [1.54, 1.807) is 26.2 Å². The summed E-state index contributed by atoms with van der Waals surface area (Å²) in [4.78, 5) is 25.5. The Bertz CT molecular complexity index is 1250. The third-order valence-corrected chi connectivity index (χ3v) is 6.17. The van der Waals surface area contributed by atoms with Crippen molar-refractivity contribution in [2.75, 3.05) is 13.7 Å².